The number of benzene rings is 20. The highest BCUT2D eigenvalue weighted by Gasteiger charge is 2.50. The molecule has 24 aromatic rings. The minimum atomic E-state index is -1.99. The van der Waals surface area contributed by atoms with Crippen molar-refractivity contribution in [2.24, 2.45) is 28.2 Å². The molecule has 0 aliphatic rings. The molecule has 0 fully saturated rings. The lowest BCUT2D eigenvalue weighted by Crippen LogP contribution is -2.40. The molecule has 0 saturated carbocycles. The molecule has 4 heterocycles. The van der Waals surface area contributed by atoms with E-state index in [2.05, 4.69) is 598 Å². The lowest BCUT2D eigenvalue weighted by molar-refractivity contribution is -0.633. The van der Waals surface area contributed by atoms with Gasteiger partial charge in [-0.1, -0.05) is 303 Å². The summed E-state index contributed by atoms with van der Waals surface area (Å²) in [6.07, 6.45) is 0. The summed E-state index contributed by atoms with van der Waals surface area (Å²) in [4.78, 5) is 0. The maximum Gasteiger partial charge on any atom is 0.256 e. The van der Waals surface area contributed by atoms with Crippen LogP contribution in [-0.2, 0) is 28.2 Å². The van der Waals surface area contributed by atoms with Crippen LogP contribution in [0.3, 0.4) is 0 Å². The van der Waals surface area contributed by atoms with Crippen molar-refractivity contribution in [3.63, 3.8) is 0 Å². The van der Waals surface area contributed by atoms with Gasteiger partial charge in [-0.05, 0) is 253 Å². The molecule has 0 bridgehead atoms. The Bertz CT molecular complexity index is 8630. The fourth-order valence-corrected chi connectivity index (χ4v) is 36.8. The number of nitrogens with zero attached hydrogens (tertiary/aromatic N) is 4. The van der Waals surface area contributed by atoms with Crippen molar-refractivity contribution in [3.05, 3.63) is 520 Å². The Kier molecular flexibility index (Phi) is 26.1. The summed E-state index contributed by atoms with van der Waals surface area (Å²) in [6.45, 7) is 18.8. The van der Waals surface area contributed by atoms with E-state index in [9.17, 15) is 0 Å². The zero-order chi connectivity index (χ0) is 97.4. The SMILES string of the molecule is Cc1cccc2ccc3cc4cccc([P+](C)(c5ccccc5)c5ccccc5)c4[n+](C)c3c12.Cc1ccccc1-c1c2ccccc2c2cccc([P+](C)(c3ccccc3)c3ccccc3)c2[n+]1C.Cc1ccccc1-c1ccc2c3ccccc3cc([P+](C)(c3ccccc3)c3ccccc3)c2[n+]1C.Cc1ccccc1-c1ccc2cc3ccccc3c([P+](C)(c3ccccc3)c3ccccc3)c2[n+]1C. The number of hydrogen-bond acceptors (Lipinski definition) is 0. The van der Waals surface area contributed by atoms with Crippen LogP contribution in [0.25, 0.3) is 131 Å². The molecule has 4 nitrogen and oxygen atoms in total. The van der Waals surface area contributed by atoms with Gasteiger partial charge in [-0.25, -0.2) is 0 Å². The molecule has 0 radical (unpaired) electrons. The summed E-state index contributed by atoms with van der Waals surface area (Å²) in [7, 11) is 1.25. The first-order chi connectivity index (χ1) is 69.4. The zero-order valence-corrected chi connectivity index (χ0v) is 86.5. The first-order valence-electron chi connectivity index (χ1n) is 49.2. The molecule has 0 aliphatic carbocycles. The van der Waals surface area contributed by atoms with Crippen LogP contribution in [0.1, 0.15) is 22.3 Å². The van der Waals surface area contributed by atoms with Gasteiger partial charge in [-0.3, -0.25) is 0 Å². The topological polar surface area (TPSA) is 15.5 Å². The number of fused-ring (bicyclic) bond motifs is 12. The Labute approximate surface area is 838 Å². The van der Waals surface area contributed by atoms with Gasteiger partial charge >= 0.3 is 0 Å². The molecule has 0 atom stereocenters. The quantitative estimate of drug-likeness (QED) is 0.0421. The Morgan fingerprint density at radius 3 is 0.944 bits per heavy atom. The second-order valence-electron chi connectivity index (χ2n) is 38.2. The van der Waals surface area contributed by atoms with Gasteiger partial charge in [0.05, 0.1) is 59.0 Å². The van der Waals surface area contributed by atoms with E-state index in [0.717, 1.165) is 0 Å². The van der Waals surface area contributed by atoms with Gasteiger partial charge in [0.1, 0.15) is 99.7 Å². The average Bonchev–Trinajstić information content (AvgIpc) is 0.747. The molecule has 142 heavy (non-hydrogen) atoms. The molecule has 686 valence electrons. The highest BCUT2D eigenvalue weighted by Crippen LogP contribution is 2.58. The predicted molar refractivity (Wildman–Crippen MR) is 622 cm³/mol. The van der Waals surface area contributed by atoms with Gasteiger partial charge in [0.15, 0.2) is 21.2 Å². The molecule has 20 aromatic carbocycles. The van der Waals surface area contributed by atoms with Crippen molar-refractivity contribution in [3.8, 4) is 33.8 Å². The maximum atomic E-state index is 2.50. The normalized spacial score (nSPS) is 11.8. The standard InChI is InChI=1S/3C34H30NP.C32H28NP/c1-25-14-10-12-20-30(25)32-23-22-27-24-26-15-11-13-21-31(26)34(33(27)35(32)2)36(3,28-16-6-4-7-17-28)29-18-8-5-9-19-29;1-25-14-10-12-20-29(25)32-23-22-31-30-21-13-11-15-26(30)24-33(34(31)35(32)2)36(3,27-16-6-4-7-17-27)28-18-8-5-9-19-28;1-25-15-10-11-20-28(25)33-30-22-13-12-21-29(30)31-23-14-24-32(34(31)35(33)2)36(3,26-16-6-4-7-17-26)27-18-8-5-9-19-27;1-23-12-10-13-24-20-21-26-22-25-14-11-19-29(31(25)33(2)32(26)30(23)24)34(3,27-15-6-4-7-16-27)28-17-8-5-9-18-28/h3*4-24H,1-3H3;4-22H,1-3H3/q4*+2. The molecule has 0 N–H and O–H groups in total. The number of aromatic nitrogens is 4. The summed E-state index contributed by atoms with van der Waals surface area (Å²) >= 11 is 0. The van der Waals surface area contributed by atoms with Gasteiger partial charge in [-0.2, -0.15) is 18.3 Å². The monoisotopic (exact) mass is 1910 g/mol. The zero-order valence-electron chi connectivity index (χ0n) is 82.9. The van der Waals surface area contributed by atoms with E-state index >= 15 is 0 Å². The number of para-hydroxylation sites is 2. The molecular formula is C134H118N4P4+8. The van der Waals surface area contributed by atoms with Gasteiger partial charge in [0.2, 0.25) is 22.6 Å². The number of pyridine rings is 4. The van der Waals surface area contributed by atoms with E-state index in [1.807, 2.05) is 0 Å². The number of hydrogen-bond donors (Lipinski definition) is 0. The first kappa shape index (κ1) is 93.4. The van der Waals surface area contributed by atoms with Crippen LogP contribution in [0.4, 0.5) is 0 Å². The van der Waals surface area contributed by atoms with Crippen molar-refractivity contribution < 1.29 is 18.3 Å². The Morgan fingerprint density at radius 1 is 0.169 bits per heavy atom. The van der Waals surface area contributed by atoms with E-state index in [4.69, 9.17) is 0 Å². The van der Waals surface area contributed by atoms with Crippen LogP contribution in [-0.4, -0.2) is 26.7 Å². The van der Waals surface area contributed by atoms with E-state index in [1.165, 1.54) is 217 Å². The number of aryl methyl sites for hydroxylation is 8. The fraction of sp³-hybridized carbons (Fsp3) is 0.0896. The van der Waals surface area contributed by atoms with Crippen molar-refractivity contribution in [1.29, 1.82) is 0 Å². The third-order valence-electron chi connectivity index (χ3n) is 30.0. The van der Waals surface area contributed by atoms with Crippen molar-refractivity contribution in [2.45, 2.75) is 27.7 Å². The van der Waals surface area contributed by atoms with Crippen LogP contribution in [0, 0.1) is 27.7 Å². The van der Waals surface area contributed by atoms with Gasteiger partial charge in [0, 0.05) is 45.0 Å². The average molecular weight is 1910 g/mol. The Balaban J connectivity index is 0.000000112. The molecular weight excluding hydrogens is 1790 g/mol. The molecule has 8 heteroatoms. The summed E-state index contributed by atoms with van der Waals surface area (Å²) < 4.78 is 9.78. The third kappa shape index (κ3) is 16.6. The lowest BCUT2D eigenvalue weighted by atomic mass is 9.97. The van der Waals surface area contributed by atoms with Gasteiger partial charge < -0.3 is 0 Å². The minimum absolute atomic E-state index is 1.24. The highest BCUT2D eigenvalue weighted by atomic mass is 31.2. The predicted octanol–water partition coefficient (Wildman–Crippen LogP) is 26.4. The third-order valence-corrected chi connectivity index (χ3v) is 46.0. The van der Waals surface area contributed by atoms with E-state index < -0.39 is 29.0 Å². The molecule has 0 spiro atoms. The molecule has 0 saturated heterocycles. The second-order valence-corrected chi connectivity index (χ2v) is 52.3. The van der Waals surface area contributed by atoms with Crippen molar-refractivity contribution in [2.75, 3.05) is 26.7 Å². The molecule has 0 amide bonds. The smallest absolute Gasteiger partial charge is 0.191 e. The molecule has 0 unspecified atom stereocenters. The van der Waals surface area contributed by atoms with Gasteiger partial charge in [-0.15, -0.1) is 0 Å². The van der Waals surface area contributed by atoms with Gasteiger partial charge in [0.25, 0.3) is 22.1 Å². The highest BCUT2D eigenvalue weighted by molar-refractivity contribution is 7.97. The summed E-state index contributed by atoms with van der Waals surface area (Å²) in [6, 6.07) is 183. The van der Waals surface area contributed by atoms with Crippen LogP contribution in [0.5, 0.6) is 0 Å². The minimum Gasteiger partial charge on any atom is -0.191 e. The van der Waals surface area contributed by atoms with Crippen LogP contribution >= 0.6 is 29.0 Å². The molecule has 24 rings (SSSR count). The van der Waals surface area contributed by atoms with E-state index in [0.29, 0.717) is 0 Å². The van der Waals surface area contributed by atoms with Crippen LogP contribution in [0.2, 0.25) is 0 Å². The summed E-state index contributed by atoms with van der Waals surface area (Å²) in [5.41, 5.74) is 19.4. The second kappa shape index (κ2) is 39.6. The number of rotatable bonds is 15. The summed E-state index contributed by atoms with van der Waals surface area (Å²) in [5.74, 6) is 0. The van der Waals surface area contributed by atoms with E-state index in [1.54, 1.807) is 0 Å². The first-order valence-corrected chi connectivity index (χ1v) is 58.2. The van der Waals surface area contributed by atoms with Crippen LogP contribution < -0.4 is 81.9 Å². The molecule has 4 aromatic heterocycles. The largest absolute Gasteiger partial charge is 0.256 e. The molecule has 0 aliphatic heterocycles. The fourth-order valence-electron chi connectivity index (χ4n) is 22.6. The van der Waals surface area contributed by atoms with Crippen LogP contribution in [0.15, 0.2) is 497 Å². The van der Waals surface area contributed by atoms with Crippen molar-refractivity contribution in [1.82, 2.24) is 0 Å². The lowest BCUT2D eigenvalue weighted by Gasteiger charge is -2.25. The maximum absolute atomic E-state index is 2.50. The Morgan fingerprint density at radius 2 is 0.465 bits per heavy atom. The Hall–Kier alpha value is -14.9. The summed E-state index contributed by atoms with van der Waals surface area (Å²) in [5, 5.41) is 33.8. The van der Waals surface area contributed by atoms with E-state index in [-0.39, 0.29) is 0 Å². The van der Waals surface area contributed by atoms with Crippen molar-refractivity contribution >= 4 is 190 Å².